The number of aromatic nitrogens is 2. The van der Waals surface area contributed by atoms with Crippen LogP contribution in [0.3, 0.4) is 0 Å². The summed E-state index contributed by atoms with van der Waals surface area (Å²) in [5.74, 6) is -0.751. The molecule has 6 heteroatoms. The number of hydrogen-bond acceptors (Lipinski definition) is 4. The van der Waals surface area contributed by atoms with E-state index < -0.39 is 11.2 Å². The van der Waals surface area contributed by atoms with E-state index in [4.69, 9.17) is 0 Å². The first-order chi connectivity index (χ1) is 7.43. The van der Waals surface area contributed by atoms with Crippen LogP contribution in [0.1, 0.15) is 0 Å². The zero-order chi connectivity index (χ0) is 12.0. The maximum absolute atomic E-state index is 11.7. The first-order valence-corrected chi connectivity index (χ1v) is 4.55. The van der Waals surface area contributed by atoms with E-state index in [1.807, 2.05) is 0 Å². The van der Waals surface area contributed by atoms with Gasteiger partial charge in [-0.2, -0.15) is 0 Å². The predicted molar refractivity (Wildman–Crippen MR) is 57.8 cm³/mol. The predicted octanol–water partition coefficient (Wildman–Crippen LogP) is -0.352. The molecular weight excluding hydrogens is 212 g/mol. The third-order valence-corrected chi connectivity index (χ3v) is 2.56. The average Bonchev–Trinajstić information content (AvgIpc) is 2.26. The molecule has 0 radical (unpaired) electrons. The van der Waals surface area contributed by atoms with Gasteiger partial charge in [0.05, 0.1) is 10.9 Å². The van der Waals surface area contributed by atoms with Crippen molar-refractivity contribution in [1.82, 2.24) is 9.13 Å². The fraction of sp³-hybridized carbons (Fsp3) is 0.200. The van der Waals surface area contributed by atoms with Crippen LogP contribution >= 0.6 is 0 Å². The summed E-state index contributed by atoms with van der Waals surface area (Å²) in [7, 11) is 2.84. The fourth-order valence-electron chi connectivity index (χ4n) is 1.61. The number of benzene rings is 1. The molecule has 6 nitrogen and oxygen atoms in total. The summed E-state index contributed by atoms with van der Waals surface area (Å²) in [6.45, 7) is 0. The van der Waals surface area contributed by atoms with E-state index in [9.17, 15) is 19.8 Å². The first kappa shape index (κ1) is 10.3. The minimum absolute atomic E-state index is 0.180. The number of aryl methyl sites for hydroxylation is 1. The lowest BCUT2D eigenvalue weighted by molar-refractivity contribution is 0.404. The minimum Gasteiger partial charge on any atom is -0.504 e. The van der Waals surface area contributed by atoms with Crippen LogP contribution in [0, 0.1) is 0 Å². The van der Waals surface area contributed by atoms with Crippen LogP contribution in [0.4, 0.5) is 0 Å². The zero-order valence-corrected chi connectivity index (χ0v) is 8.76. The van der Waals surface area contributed by atoms with Gasteiger partial charge in [-0.15, -0.1) is 0 Å². The number of hydrogen-bond donors (Lipinski definition) is 2. The number of rotatable bonds is 0. The number of nitrogens with zero attached hydrogens (tertiary/aromatic N) is 2. The van der Waals surface area contributed by atoms with Gasteiger partial charge in [-0.25, -0.2) is 4.79 Å². The van der Waals surface area contributed by atoms with Gasteiger partial charge in [0, 0.05) is 20.2 Å². The van der Waals surface area contributed by atoms with E-state index in [-0.39, 0.29) is 22.4 Å². The Bertz CT molecular complexity index is 697. The number of aromatic hydroxyl groups is 2. The van der Waals surface area contributed by atoms with Crippen molar-refractivity contribution in [3.8, 4) is 11.5 Å². The third-order valence-electron chi connectivity index (χ3n) is 2.56. The van der Waals surface area contributed by atoms with Gasteiger partial charge >= 0.3 is 5.69 Å². The summed E-state index contributed by atoms with van der Waals surface area (Å²) in [6, 6.07) is 2.33. The van der Waals surface area contributed by atoms with E-state index in [1.165, 1.54) is 24.7 Å². The van der Waals surface area contributed by atoms with Crippen molar-refractivity contribution < 1.29 is 10.2 Å². The molecule has 0 saturated carbocycles. The molecular formula is C10H10N2O4. The summed E-state index contributed by atoms with van der Waals surface area (Å²) in [4.78, 5) is 23.3. The molecule has 0 unspecified atom stereocenters. The second kappa shape index (κ2) is 3.13. The van der Waals surface area contributed by atoms with Gasteiger partial charge in [-0.05, 0) is 6.07 Å². The Balaban J connectivity index is 3.16. The third kappa shape index (κ3) is 1.19. The van der Waals surface area contributed by atoms with Gasteiger partial charge in [0.25, 0.3) is 5.56 Å². The fourth-order valence-corrected chi connectivity index (χ4v) is 1.61. The number of phenolic OH excluding ortho intramolecular Hbond substituents is 2. The van der Waals surface area contributed by atoms with Gasteiger partial charge in [0.2, 0.25) is 0 Å². The van der Waals surface area contributed by atoms with Crippen LogP contribution in [0.15, 0.2) is 21.7 Å². The molecule has 0 amide bonds. The normalized spacial score (nSPS) is 10.9. The van der Waals surface area contributed by atoms with Gasteiger partial charge in [-0.3, -0.25) is 13.9 Å². The molecule has 1 aromatic carbocycles. The lowest BCUT2D eigenvalue weighted by atomic mass is 10.2. The summed E-state index contributed by atoms with van der Waals surface area (Å²) in [5, 5.41) is 18.8. The van der Waals surface area contributed by atoms with Crippen molar-refractivity contribution in [3.05, 3.63) is 33.0 Å². The minimum atomic E-state index is -0.506. The molecule has 0 atom stereocenters. The molecule has 0 bridgehead atoms. The molecule has 1 aromatic heterocycles. The van der Waals surface area contributed by atoms with Crippen LogP contribution in [-0.4, -0.2) is 19.3 Å². The van der Waals surface area contributed by atoms with Crippen molar-refractivity contribution in [2.75, 3.05) is 0 Å². The standard InChI is InChI=1S/C10H10N2O4/c1-11-6-4-8(14)7(13)3-5(6)9(15)12(2)10(11)16/h3-4,13-14H,1-2H3. The molecule has 2 aromatic rings. The van der Waals surface area contributed by atoms with E-state index >= 15 is 0 Å². The first-order valence-electron chi connectivity index (χ1n) is 4.55. The Morgan fingerprint density at radius 1 is 1.00 bits per heavy atom. The lowest BCUT2D eigenvalue weighted by Crippen LogP contribution is -2.36. The Kier molecular flexibility index (Phi) is 2.01. The van der Waals surface area contributed by atoms with Crippen molar-refractivity contribution in [2.24, 2.45) is 14.1 Å². The highest BCUT2D eigenvalue weighted by Crippen LogP contribution is 2.27. The summed E-state index contributed by atoms with van der Waals surface area (Å²) in [6.07, 6.45) is 0. The van der Waals surface area contributed by atoms with Crippen LogP contribution in [-0.2, 0) is 14.1 Å². The van der Waals surface area contributed by atoms with Crippen molar-refractivity contribution in [3.63, 3.8) is 0 Å². The van der Waals surface area contributed by atoms with Crippen molar-refractivity contribution in [2.45, 2.75) is 0 Å². The van der Waals surface area contributed by atoms with Gasteiger partial charge < -0.3 is 10.2 Å². The molecule has 84 valence electrons. The monoisotopic (exact) mass is 222 g/mol. The van der Waals surface area contributed by atoms with E-state index in [2.05, 4.69) is 0 Å². The van der Waals surface area contributed by atoms with Crippen molar-refractivity contribution >= 4 is 10.9 Å². The molecule has 0 aliphatic rings. The van der Waals surface area contributed by atoms with Gasteiger partial charge in [0.1, 0.15) is 0 Å². The van der Waals surface area contributed by atoms with Crippen LogP contribution < -0.4 is 11.2 Å². The molecule has 1 heterocycles. The largest absolute Gasteiger partial charge is 0.504 e. The smallest absolute Gasteiger partial charge is 0.330 e. The van der Waals surface area contributed by atoms with E-state index in [1.54, 1.807) is 0 Å². The quantitative estimate of drug-likeness (QED) is 0.596. The molecule has 0 fully saturated rings. The van der Waals surface area contributed by atoms with Crippen molar-refractivity contribution in [1.29, 1.82) is 0 Å². The molecule has 0 saturated heterocycles. The molecule has 2 N–H and O–H groups in total. The number of phenols is 2. The molecule has 0 spiro atoms. The molecule has 0 aliphatic heterocycles. The second-order valence-electron chi connectivity index (χ2n) is 3.56. The highest BCUT2D eigenvalue weighted by Gasteiger charge is 2.11. The Morgan fingerprint density at radius 3 is 2.19 bits per heavy atom. The highest BCUT2D eigenvalue weighted by atomic mass is 16.3. The van der Waals surface area contributed by atoms with Gasteiger partial charge in [0.15, 0.2) is 11.5 Å². The lowest BCUT2D eigenvalue weighted by Gasteiger charge is -2.08. The highest BCUT2D eigenvalue weighted by molar-refractivity contribution is 5.81. The topological polar surface area (TPSA) is 84.5 Å². The molecule has 0 aliphatic carbocycles. The maximum Gasteiger partial charge on any atom is 0.330 e. The van der Waals surface area contributed by atoms with Crippen LogP contribution in [0.25, 0.3) is 10.9 Å². The van der Waals surface area contributed by atoms with Crippen LogP contribution in [0.5, 0.6) is 11.5 Å². The Hall–Kier alpha value is -2.24. The Morgan fingerprint density at radius 2 is 1.56 bits per heavy atom. The summed E-state index contributed by atoms with van der Waals surface area (Å²) >= 11 is 0. The summed E-state index contributed by atoms with van der Waals surface area (Å²) in [5.41, 5.74) is -0.709. The maximum atomic E-state index is 11.7. The average molecular weight is 222 g/mol. The second-order valence-corrected chi connectivity index (χ2v) is 3.56. The van der Waals surface area contributed by atoms with E-state index in [0.29, 0.717) is 0 Å². The number of fused-ring (bicyclic) bond motifs is 1. The summed E-state index contributed by atoms with van der Waals surface area (Å²) < 4.78 is 2.18. The Labute approximate surface area is 89.6 Å². The van der Waals surface area contributed by atoms with Crippen LogP contribution in [0.2, 0.25) is 0 Å². The SMILES string of the molecule is Cn1c(=O)c2cc(O)c(O)cc2n(C)c1=O. The molecule has 2 rings (SSSR count). The molecule has 16 heavy (non-hydrogen) atoms. The van der Waals surface area contributed by atoms with E-state index in [0.717, 1.165) is 10.6 Å². The van der Waals surface area contributed by atoms with Gasteiger partial charge in [-0.1, -0.05) is 0 Å². The zero-order valence-electron chi connectivity index (χ0n) is 8.76.